The largest absolute Gasteiger partial charge is 0.481 e. The molecule has 0 spiro atoms. The summed E-state index contributed by atoms with van der Waals surface area (Å²) in [5.74, 6) is -0.833. The smallest absolute Gasteiger partial charge is 0.315 e. The Hall–Kier alpha value is -1.88. The van der Waals surface area contributed by atoms with Gasteiger partial charge in [-0.3, -0.25) is 9.59 Å². The second-order valence-electron chi connectivity index (χ2n) is 6.98. The maximum atomic E-state index is 12.9. The van der Waals surface area contributed by atoms with E-state index in [4.69, 9.17) is 0 Å². The number of thiophene rings is 1. The SMILES string of the molecule is CCCCCCC(CC)(C(=O)O)c1cc(C)c(C(=O)c2cccs2)n1C. The summed E-state index contributed by atoms with van der Waals surface area (Å²) in [5.41, 5.74) is 1.23. The predicted molar refractivity (Wildman–Crippen MR) is 106 cm³/mol. The molecule has 0 amide bonds. The quantitative estimate of drug-likeness (QED) is 0.451. The molecule has 0 aliphatic carbocycles. The average molecular weight is 376 g/mol. The topological polar surface area (TPSA) is 59.3 Å². The summed E-state index contributed by atoms with van der Waals surface area (Å²) in [6, 6.07) is 5.57. The summed E-state index contributed by atoms with van der Waals surface area (Å²) in [6.07, 6.45) is 5.27. The van der Waals surface area contributed by atoms with Crippen LogP contribution >= 0.6 is 11.3 Å². The molecule has 0 radical (unpaired) electrons. The predicted octanol–water partition coefficient (Wildman–Crippen LogP) is 5.33. The fourth-order valence-electron chi connectivity index (χ4n) is 3.78. The van der Waals surface area contributed by atoms with Crippen LogP contribution in [0.1, 0.15) is 79.0 Å². The van der Waals surface area contributed by atoms with Crippen LogP contribution in [0.25, 0.3) is 0 Å². The summed E-state index contributed by atoms with van der Waals surface area (Å²) in [4.78, 5) is 25.9. The van der Waals surface area contributed by atoms with Crippen molar-refractivity contribution >= 4 is 23.1 Å². The van der Waals surface area contributed by atoms with E-state index in [2.05, 4.69) is 6.92 Å². The fourth-order valence-corrected chi connectivity index (χ4v) is 4.44. The molecule has 5 heteroatoms. The maximum Gasteiger partial charge on any atom is 0.315 e. The Labute approximate surface area is 159 Å². The molecule has 0 aromatic carbocycles. The Morgan fingerprint density at radius 2 is 1.96 bits per heavy atom. The molecule has 2 aromatic heterocycles. The highest BCUT2D eigenvalue weighted by atomic mass is 32.1. The number of carbonyl (C=O) groups is 2. The van der Waals surface area contributed by atoms with Crippen LogP contribution in [0.15, 0.2) is 23.6 Å². The molecule has 26 heavy (non-hydrogen) atoms. The molecule has 0 saturated carbocycles. The Kier molecular flexibility index (Phi) is 6.81. The zero-order valence-corrected chi connectivity index (χ0v) is 17.0. The molecular formula is C21H29NO3S. The summed E-state index contributed by atoms with van der Waals surface area (Å²) in [5, 5.41) is 12.0. The van der Waals surface area contributed by atoms with Gasteiger partial charge in [-0.15, -0.1) is 11.3 Å². The molecule has 142 valence electrons. The molecule has 0 saturated heterocycles. The number of aryl methyl sites for hydroxylation is 1. The van der Waals surface area contributed by atoms with Gasteiger partial charge in [0.25, 0.3) is 0 Å². The molecule has 2 aromatic rings. The third-order valence-electron chi connectivity index (χ3n) is 5.34. The second-order valence-corrected chi connectivity index (χ2v) is 7.93. The number of aromatic nitrogens is 1. The van der Waals surface area contributed by atoms with Crippen LogP contribution < -0.4 is 0 Å². The van der Waals surface area contributed by atoms with Crippen LogP contribution in [0.3, 0.4) is 0 Å². The van der Waals surface area contributed by atoms with Crippen LogP contribution in [0.2, 0.25) is 0 Å². The molecule has 2 heterocycles. The normalized spacial score (nSPS) is 13.5. The minimum absolute atomic E-state index is 0.0346. The molecular weight excluding hydrogens is 346 g/mol. The van der Waals surface area contributed by atoms with Crippen molar-refractivity contribution in [3.8, 4) is 0 Å². The first-order valence-corrected chi connectivity index (χ1v) is 10.2. The third-order valence-corrected chi connectivity index (χ3v) is 6.21. The van der Waals surface area contributed by atoms with E-state index >= 15 is 0 Å². The molecule has 0 aliphatic heterocycles. The minimum atomic E-state index is -0.943. The van der Waals surface area contributed by atoms with Crippen molar-refractivity contribution in [3.63, 3.8) is 0 Å². The van der Waals surface area contributed by atoms with Gasteiger partial charge in [-0.2, -0.15) is 0 Å². The van der Waals surface area contributed by atoms with E-state index in [0.717, 1.165) is 36.9 Å². The second kappa shape index (κ2) is 8.67. The highest BCUT2D eigenvalue weighted by Gasteiger charge is 2.41. The number of nitrogens with zero attached hydrogens (tertiary/aromatic N) is 1. The Morgan fingerprint density at radius 1 is 1.23 bits per heavy atom. The lowest BCUT2D eigenvalue weighted by atomic mass is 9.77. The molecule has 0 aliphatic rings. The summed E-state index contributed by atoms with van der Waals surface area (Å²) in [7, 11) is 1.82. The van der Waals surface area contributed by atoms with E-state index < -0.39 is 11.4 Å². The zero-order valence-electron chi connectivity index (χ0n) is 16.2. The first kappa shape index (κ1) is 20.4. The number of hydrogen-bond donors (Lipinski definition) is 1. The first-order valence-electron chi connectivity index (χ1n) is 9.37. The van der Waals surface area contributed by atoms with Crippen molar-refractivity contribution in [1.82, 2.24) is 4.57 Å². The number of aliphatic carboxylic acids is 1. The molecule has 1 unspecified atom stereocenters. The lowest BCUT2D eigenvalue weighted by Gasteiger charge is -2.29. The summed E-state index contributed by atoms with van der Waals surface area (Å²) >= 11 is 1.41. The average Bonchev–Trinajstić information content (AvgIpc) is 3.23. The van der Waals surface area contributed by atoms with Crippen molar-refractivity contribution in [1.29, 1.82) is 0 Å². The summed E-state index contributed by atoms with van der Waals surface area (Å²) < 4.78 is 1.81. The van der Waals surface area contributed by atoms with Gasteiger partial charge in [-0.25, -0.2) is 0 Å². The number of unbranched alkanes of at least 4 members (excludes halogenated alkanes) is 3. The van der Waals surface area contributed by atoms with Gasteiger partial charge >= 0.3 is 5.97 Å². The van der Waals surface area contributed by atoms with Crippen LogP contribution in [0.5, 0.6) is 0 Å². The van der Waals surface area contributed by atoms with Gasteiger partial charge in [-0.1, -0.05) is 45.6 Å². The number of ketones is 1. The summed E-state index contributed by atoms with van der Waals surface area (Å²) in [6.45, 7) is 5.97. The maximum absolute atomic E-state index is 12.9. The van der Waals surface area contributed by atoms with Gasteiger partial charge in [-0.05, 0) is 42.8 Å². The number of hydrogen-bond acceptors (Lipinski definition) is 3. The van der Waals surface area contributed by atoms with E-state index in [1.165, 1.54) is 11.3 Å². The molecule has 1 atom stereocenters. The molecule has 0 bridgehead atoms. The van der Waals surface area contributed by atoms with E-state index in [0.29, 0.717) is 23.4 Å². The van der Waals surface area contributed by atoms with E-state index in [1.807, 2.05) is 49.0 Å². The van der Waals surface area contributed by atoms with Gasteiger partial charge in [0.15, 0.2) is 0 Å². The molecule has 0 fully saturated rings. The van der Waals surface area contributed by atoms with Crippen molar-refractivity contribution < 1.29 is 14.7 Å². The highest BCUT2D eigenvalue weighted by Crippen LogP contribution is 2.37. The van der Waals surface area contributed by atoms with Gasteiger partial charge < -0.3 is 9.67 Å². The van der Waals surface area contributed by atoms with Crippen molar-refractivity contribution in [3.05, 3.63) is 45.4 Å². The lowest BCUT2D eigenvalue weighted by Crippen LogP contribution is -2.37. The van der Waals surface area contributed by atoms with Gasteiger partial charge in [0.1, 0.15) is 5.41 Å². The Balaban J connectivity index is 2.44. The van der Waals surface area contributed by atoms with E-state index in [-0.39, 0.29) is 5.78 Å². The van der Waals surface area contributed by atoms with Crippen molar-refractivity contribution in [2.75, 3.05) is 0 Å². The van der Waals surface area contributed by atoms with E-state index in [1.54, 1.807) is 0 Å². The molecule has 2 rings (SSSR count). The fraction of sp³-hybridized carbons (Fsp3) is 0.524. The van der Waals surface area contributed by atoms with Crippen LogP contribution in [0, 0.1) is 6.92 Å². The van der Waals surface area contributed by atoms with Crippen molar-refractivity contribution in [2.24, 2.45) is 7.05 Å². The van der Waals surface area contributed by atoms with Gasteiger partial charge in [0.2, 0.25) is 5.78 Å². The number of carbonyl (C=O) groups excluding carboxylic acids is 1. The van der Waals surface area contributed by atoms with Gasteiger partial charge in [0, 0.05) is 12.7 Å². The Bertz CT molecular complexity index is 761. The van der Waals surface area contributed by atoms with Gasteiger partial charge in [0.05, 0.1) is 10.6 Å². The van der Waals surface area contributed by atoms with Crippen LogP contribution in [0.4, 0.5) is 0 Å². The number of carboxylic acid groups (broad SMARTS) is 1. The van der Waals surface area contributed by atoms with Crippen LogP contribution in [-0.4, -0.2) is 21.4 Å². The number of carboxylic acids is 1. The Morgan fingerprint density at radius 3 is 2.50 bits per heavy atom. The standard InChI is InChI=1S/C21H29NO3S/c1-5-7-8-9-12-21(6-2,20(24)25)17-14-15(3)18(22(17)4)19(23)16-11-10-13-26-16/h10-11,13-14H,5-9,12H2,1-4H3,(H,24,25). The highest BCUT2D eigenvalue weighted by molar-refractivity contribution is 7.12. The lowest BCUT2D eigenvalue weighted by molar-refractivity contribution is -0.144. The van der Waals surface area contributed by atoms with E-state index in [9.17, 15) is 14.7 Å². The molecule has 4 nitrogen and oxygen atoms in total. The molecule has 1 N–H and O–H groups in total. The van der Waals surface area contributed by atoms with Crippen LogP contribution in [-0.2, 0) is 17.3 Å². The monoisotopic (exact) mass is 375 g/mol. The number of rotatable bonds is 10. The van der Waals surface area contributed by atoms with Crippen molar-refractivity contribution in [2.45, 2.75) is 64.7 Å². The first-order chi connectivity index (χ1) is 12.4. The minimum Gasteiger partial charge on any atom is -0.481 e. The zero-order chi connectivity index (χ0) is 19.3. The third kappa shape index (κ3) is 3.78.